The van der Waals surface area contributed by atoms with Crippen LogP contribution in [0.5, 0.6) is 0 Å². The van der Waals surface area contributed by atoms with Crippen molar-refractivity contribution in [2.45, 2.75) is 66.2 Å². The molecule has 0 heteroatoms. The lowest BCUT2D eigenvalue weighted by atomic mass is 9.83. The molecular formula is C17H28. The molecule has 0 spiro atoms. The number of hydrogen-bond donors (Lipinski definition) is 0. The molecule has 1 aliphatic carbocycles. The molecule has 0 atom stereocenters. The zero-order valence-corrected chi connectivity index (χ0v) is 12.1. The van der Waals surface area contributed by atoms with Crippen LogP contribution in [0.25, 0.3) is 0 Å². The predicted octanol–water partition coefficient (Wildman–Crippen LogP) is 5.82. The van der Waals surface area contributed by atoms with Gasteiger partial charge in [-0.15, -0.1) is 0 Å². The van der Waals surface area contributed by atoms with Crippen molar-refractivity contribution < 1.29 is 0 Å². The zero-order chi connectivity index (χ0) is 12.9. The van der Waals surface area contributed by atoms with Gasteiger partial charge >= 0.3 is 0 Å². The monoisotopic (exact) mass is 232 g/mol. The van der Waals surface area contributed by atoms with Gasteiger partial charge in [0.2, 0.25) is 0 Å². The number of hydrogen-bond acceptors (Lipinski definition) is 0. The third-order valence-corrected chi connectivity index (χ3v) is 3.84. The summed E-state index contributed by atoms with van der Waals surface area (Å²) in [7, 11) is 0. The maximum atomic E-state index is 4.26. The normalized spacial score (nSPS) is 21.1. The highest BCUT2D eigenvalue weighted by atomic mass is 14.3. The Morgan fingerprint density at radius 2 is 2.00 bits per heavy atom. The molecule has 0 fully saturated rings. The summed E-state index contributed by atoms with van der Waals surface area (Å²) in [6.07, 6.45) is 11.9. The zero-order valence-electron chi connectivity index (χ0n) is 12.1. The fraction of sp³-hybridized carbons (Fsp3) is 0.647. The molecule has 0 heterocycles. The van der Waals surface area contributed by atoms with Crippen molar-refractivity contribution >= 4 is 0 Å². The summed E-state index contributed by atoms with van der Waals surface area (Å²) >= 11 is 0. The smallest absolute Gasteiger partial charge is 0.0133 e. The molecule has 1 aliphatic rings. The lowest BCUT2D eigenvalue weighted by Crippen LogP contribution is -2.10. The first kappa shape index (κ1) is 14.3. The highest BCUT2D eigenvalue weighted by Gasteiger charge is 2.24. The van der Waals surface area contributed by atoms with Crippen LogP contribution in [0.1, 0.15) is 66.2 Å². The summed E-state index contributed by atoms with van der Waals surface area (Å²) in [5.41, 5.74) is 4.85. The maximum absolute atomic E-state index is 4.26. The number of rotatable bonds is 4. The van der Waals surface area contributed by atoms with Crippen LogP contribution in [0.2, 0.25) is 0 Å². The number of unbranched alkanes of at least 4 members (excludes halogenated alkanes) is 1. The molecule has 1 rings (SSSR count). The van der Waals surface area contributed by atoms with Crippen LogP contribution in [0.3, 0.4) is 0 Å². The van der Waals surface area contributed by atoms with E-state index < -0.39 is 0 Å². The van der Waals surface area contributed by atoms with Crippen molar-refractivity contribution in [2.24, 2.45) is 5.41 Å². The van der Waals surface area contributed by atoms with Gasteiger partial charge in [-0.2, -0.15) is 0 Å². The Morgan fingerprint density at radius 3 is 2.65 bits per heavy atom. The van der Waals surface area contributed by atoms with E-state index >= 15 is 0 Å². The van der Waals surface area contributed by atoms with Gasteiger partial charge in [0.25, 0.3) is 0 Å². The summed E-state index contributed by atoms with van der Waals surface area (Å²) in [5, 5.41) is 0. The number of allylic oxidation sites excluding steroid dienone is 5. The van der Waals surface area contributed by atoms with E-state index in [0.29, 0.717) is 5.41 Å². The van der Waals surface area contributed by atoms with E-state index in [1.165, 1.54) is 36.8 Å². The summed E-state index contributed by atoms with van der Waals surface area (Å²) in [5.74, 6) is 0. The van der Waals surface area contributed by atoms with E-state index in [9.17, 15) is 0 Å². The largest absolute Gasteiger partial charge is 0.0955 e. The van der Waals surface area contributed by atoms with Crippen molar-refractivity contribution in [2.75, 3.05) is 0 Å². The second-order valence-electron chi connectivity index (χ2n) is 6.14. The highest BCUT2D eigenvalue weighted by molar-refractivity contribution is 5.35. The lowest BCUT2D eigenvalue weighted by Gasteiger charge is -2.22. The molecule has 0 amide bonds. The van der Waals surface area contributed by atoms with Gasteiger partial charge in [-0.25, -0.2) is 0 Å². The average molecular weight is 232 g/mol. The molecule has 96 valence electrons. The Labute approximate surface area is 108 Å². The second kappa shape index (κ2) is 6.23. The maximum Gasteiger partial charge on any atom is -0.0133 e. The average Bonchev–Trinajstić information content (AvgIpc) is 2.34. The molecule has 0 nitrogen and oxygen atoms in total. The van der Waals surface area contributed by atoms with Crippen molar-refractivity contribution in [3.05, 3.63) is 35.5 Å². The third-order valence-electron chi connectivity index (χ3n) is 3.84. The first-order chi connectivity index (χ1) is 7.96. The molecular weight excluding hydrogens is 204 g/mol. The van der Waals surface area contributed by atoms with Crippen LogP contribution in [0, 0.1) is 5.41 Å². The Balaban J connectivity index is 2.69. The van der Waals surface area contributed by atoms with E-state index in [0.717, 1.165) is 12.8 Å². The van der Waals surface area contributed by atoms with Gasteiger partial charge in [-0.1, -0.05) is 57.1 Å². The fourth-order valence-corrected chi connectivity index (χ4v) is 2.49. The molecule has 0 unspecified atom stereocenters. The molecule has 0 bridgehead atoms. The lowest BCUT2D eigenvalue weighted by molar-refractivity contribution is 0.339. The van der Waals surface area contributed by atoms with Crippen LogP contribution < -0.4 is 0 Å². The molecule has 0 aromatic carbocycles. The Bertz CT molecular complexity index is 326. The van der Waals surface area contributed by atoms with E-state index in [1.807, 2.05) is 0 Å². The second-order valence-corrected chi connectivity index (χ2v) is 6.14. The topological polar surface area (TPSA) is 0 Å². The van der Waals surface area contributed by atoms with E-state index in [4.69, 9.17) is 0 Å². The Morgan fingerprint density at radius 1 is 1.29 bits per heavy atom. The third kappa shape index (κ3) is 4.53. The molecule has 17 heavy (non-hydrogen) atoms. The van der Waals surface area contributed by atoms with E-state index in [-0.39, 0.29) is 0 Å². The van der Waals surface area contributed by atoms with E-state index in [2.05, 4.69) is 46.4 Å². The molecule has 0 aromatic heterocycles. The molecule has 0 N–H and O–H groups in total. The van der Waals surface area contributed by atoms with Gasteiger partial charge < -0.3 is 0 Å². The summed E-state index contributed by atoms with van der Waals surface area (Å²) in [4.78, 5) is 0. The molecule has 0 aromatic rings. The van der Waals surface area contributed by atoms with Gasteiger partial charge in [0.1, 0.15) is 0 Å². The first-order valence-corrected chi connectivity index (χ1v) is 6.98. The minimum absolute atomic E-state index is 0.424. The van der Waals surface area contributed by atoms with Crippen LogP contribution in [0.4, 0.5) is 0 Å². The standard InChI is InChI=1S/C17H28/c1-6-7-8-9-10-16-11-12-17(4,5)13-14(2)15(16)3/h8-9H,2,6-7,10-13H2,1,3-5H3. The highest BCUT2D eigenvalue weighted by Crippen LogP contribution is 2.39. The van der Waals surface area contributed by atoms with Crippen LogP contribution in [0.15, 0.2) is 35.5 Å². The summed E-state index contributed by atoms with van der Waals surface area (Å²) in [6, 6.07) is 0. The van der Waals surface area contributed by atoms with Gasteiger partial charge in [0, 0.05) is 0 Å². The molecule has 0 aliphatic heterocycles. The van der Waals surface area contributed by atoms with Crippen LogP contribution in [-0.4, -0.2) is 0 Å². The van der Waals surface area contributed by atoms with Gasteiger partial charge in [0.05, 0.1) is 0 Å². The van der Waals surface area contributed by atoms with Crippen molar-refractivity contribution in [3.8, 4) is 0 Å². The quantitative estimate of drug-likeness (QED) is 0.536. The Hall–Kier alpha value is -0.780. The molecule has 0 saturated carbocycles. The first-order valence-electron chi connectivity index (χ1n) is 6.98. The van der Waals surface area contributed by atoms with Crippen molar-refractivity contribution in [1.29, 1.82) is 0 Å². The minimum Gasteiger partial charge on any atom is -0.0955 e. The molecule has 0 saturated heterocycles. The Kier molecular flexibility index (Phi) is 5.24. The van der Waals surface area contributed by atoms with Gasteiger partial charge in [-0.3, -0.25) is 0 Å². The van der Waals surface area contributed by atoms with Gasteiger partial charge in [-0.05, 0) is 50.0 Å². The summed E-state index contributed by atoms with van der Waals surface area (Å²) < 4.78 is 0. The minimum atomic E-state index is 0.424. The SMILES string of the molecule is C=C1CC(C)(C)CCC(CC=CCCC)=C1C. The summed E-state index contributed by atoms with van der Waals surface area (Å²) in [6.45, 7) is 13.5. The van der Waals surface area contributed by atoms with Crippen LogP contribution in [-0.2, 0) is 0 Å². The van der Waals surface area contributed by atoms with Crippen molar-refractivity contribution in [1.82, 2.24) is 0 Å². The fourth-order valence-electron chi connectivity index (χ4n) is 2.49. The van der Waals surface area contributed by atoms with Crippen LogP contribution >= 0.6 is 0 Å². The van der Waals surface area contributed by atoms with Crippen molar-refractivity contribution in [3.63, 3.8) is 0 Å². The predicted molar refractivity (Wildman–Crippen MR) is 78.1 cm³/mol. The van der Waals surface area contributed by atoms with E-state index in [1.54, 1.807) is 5.57 Å². The van der Waals surface area contributed by atoms with Gasteiger partial charge in [0.15, 0.2) is 0 Å². The molecule has 0 radical (unpaired) electrons.